The van der Waals surface area contributed by atoms with Crippen LogP contribution in [0, 0.1) is 5.41 Å². The maximum atomic E-state index is 12.5. The van der Waals surface area contributed by atoms with Crippen molar-refractivity contribution in [3.8, 4) is 5.75 Å². The van der Waals surface area contributed by atoms with Crippen molar-refractivity contribution in [2.24, 2.45) is 5.41 Å². The Morgan fingerprint density at radius 1 is 1.26 bits per heavy atom. The van der Waals surface area contributed by atoms with Crippen LogP contribution in [0.4, 0.5) is 5.69 Å². The minimum atomic E-state index is -1.02. The fraction of sp³-hybridized carbons (Fsp3) is 0.529. The quantitative estimate of drug-likeness (QED) is 0.683. The molecule has 0 spiro atoms. The Balaban J connectivity index is 1.90. The highest BCUT2D eigenvalue weighted by atomic mass is 16.5. The number of carbonyl (C=O) groups is 2. The molecule has 1 amide bonds. The largest absolute Gasteiger partial charge is 0.482 e. The first-order valence-electron chi connectivity index (χ1n) is 7.89. The molecule has 0 aromatic heterocycles. The highest BCUT2D eigenvalue weighted by molar-refractivity contribution is 5.95. The number of rotatable bonds is 9. The van der Waals surface area contributed by atoms with Crippen LogP contribution in [0.5, 0.6) is 5.75 Å². The summed E-state index contributed by atoms with van der Waals surface area (Å²) in [5.41, 5.74) is 0.369. The van der Waals surface area contributed by atoms with Gasteiger partial charge in [-0.3, -0.25) is 4.79 Å². The zero-order valence-electron chi connectivity index (χ0n) is 13.3. The Labute approximate surface area is 135 Å². The lowest BCUT2D eigenvalue weighted by Gasteiger charge is -2.40. The van der Waals surface area contributed by atoms with Crippen LogP contribution < -0.4 is 10.1 Å². The first-order valence-corrected chi connectivity index (χ1v) is 7.89. The number of benzene rings is 1. The molecule has 23 heavy (non-hydrogen) atoms. The molecule has 1 aromatic rings. The third kappa shape index (κ3) is 4.69. The van der Waals surface area contributed by atoms with Gasteiger partial charge in [-0.15, -0.1) is 0 Å². The second kappa shape index (κ2) is 7.97. The van der Waals surface area contributed by atoms with Gasteiger partial charge in [0.05, 0.1) is 5.41 Å². The smallest absolute Gasteiger partial charge is 0.341 e. The summed E-state index contributed by atoms with van der Waals surface area (Å²) in [4.78, 5) is 23.0. The molecule has 1 aliphatic rings. The first-order chi connectivity index (χ1) is 11.1. The lowest BCUT2D eigenvalue weighted by atomic mass is 9.66. The minimum absolute atomic E-state index is 0.0302. The van der Waals surface area contributed by atoms with Crippen LogP contribution in [0.2, 0.25) is 0 Å². The van der Waals surface area contributed by atoms with E-state index in [4.69, 9.17) is 14.6 Å². The van der Waals surface area contributed by atoms with Gasteiger partial charge in [-0.2, -0.15) is 0 Å². The van der Waals surface area contributed by atoms with Crippen LogP contribution in [0.15, 0.2) is 24.3 Å². The molecule has 1 fully saturated rings. The van der Waals surface area contributed by atoms with Crippen molar-refractivity contribution in [1.29, 1.82) is 0 Å². The summed E-state index contributed by atoms with van der Waals surface area (Å²) in [5, 5.41) is 11.5. The van der Waals surface area contributed by atoms with E-state index in [0.717, 1.165) is 25.7 Å². The number of hydrogen-bond donors (Lipinski definition) is 2. The van der Waals surface area contributed by atoms with Crippen LogP contribution in [0.1, 0.15) is 32.6 Å². The van der Waals surface area contributed by atoms with Gasteiger partial charge in [0, 0.05) is 18.9 Å². The molecule has 0 atom stereocenters. The van der Waals surface area contributed by atoms with Crippen LogP contribution in [0.25, 0.3) is 0 Å². The van der Waals surface area contributed by atoms with Gasteiger partial charge in [0.25, 0.3) is 0 Å². The Morgan fingerprint density at radius 2 is 1.96 bits per heavy atom. The summed E-state index contributed by atoms with van der Waals surface area (Å²) < 4.78 is 10.4. The highest BCUT2D eigenvalue weighted by Gasteiger charge is 2.43. The van der Waals surface area contributed by atoms with Crippen LogP contribution in [-0.2, 0) is 14.3 Å². The zero-order chi connectivity index (χ0) is 16.7. The van der Waals surface area contributed by atoms with Gasteiger partial charge < -0.3 is 19.9 Å². The van der Waals surface area contributed by atoms with Gasteiger partial charge >= 0.3 is 5.97 Å². The number of anilines is 1. The molecule has 0 unspecified atom stereocenters. The molecule has 1 saturated carbocycles. The number of carbonyl (C=O) groups excluding carboxylic acids is 1. The number of carboxylic acids is 1. The van der Waals surface area contributed by atoms with E-state index in [0.29, 0.717) is 24.7 Å². The lowest BCUT2D eigenvalue weighted by Crippen LogP contribution is -2.42. The van der Waals surface area contributed by atoms with Crippen LogP contribution >= 0.6 is 0 Å². The number of aliphatic carboxylic acids is 1. The molecule has 1 aromatic carbocycles. The maximum Gasteiger partial charge on any atom is 0.341 e. The van der Waals surface area contributed by atoms with Crippen molar-refractivity contribution in [1.82, 2.24) is 0 Å². The summed E-state index contributed by atoms with van der Waals surface area (Å²) in [6.45, 7) is 2.83. The average molecular weight is 321 g/mol. The molecule has 2 rings (SSSR count). The summed E-state index contributed by atoms with van der Waals surface area (Å²) in [5.74, 6) is -0.536. The van der Waals surface area contributed by atoms with Crippen LogP contribution in [-0.4, -0.2) is 36.8 Å². The van der Waals surface area contributed by atoms with Crippen molar-refractivity contribution in [2.75, 3.05) is 25.1 Å². The van der Waals surface area contributed by atoms with Gasteiger partial charge in [0.15, 0.2) is 6.61 Å². The SMILES string of the molecule is CCOCCC1(C(=O)Nc2ccc(OCC(=O)O)cc2)CCC1. The van der Waals surface area contributed by atoms with Crippen LogP contribution in [0.3, 0.4) is 0 Å². The van der Waals surface area contributed by atoms with Gasteiger partial charge in [0.2, 0.25) is 5.91 Å². The molecule has 2 N–H and O–H groups in total. The van der Waals surface area contributed by atoms with E-state index in [-0.39, 0.29) is 17.9 Å². The van der Waals surface area contributed by atoms with Gasteiger partial charge in [-0.25, -0.2) is 4.79 Å². The Bertz CT molecular complexity index is 536. The van der Waals surface area contributed by atoms with E-state index in [1.165, 1.54) is 0 Å². The number of ether oxygens (including phenoxy) is 2. The molecule has 1 aliphatic carbocycles. The van der Waals surface area contributed by atoms with Crippen molar-refractivity contribution in [3.63, 3.8) is 0 Å². The van der Waals surface area contributed by atoms with E-state index in [1.54, 1.807) is 24.3 Å². The number of hydrogen-bond acceptors (Lipinski definition) is 4. The second-order valence-corrected chi connectivity index (χ2v) is 5.74. The third-order valence-electron chi connectivity index (χ3n) is 4.20. The summed E-state index contributed by atoms with van der Waals surface area (Å²) in [6, 6.07) is 6.71. The average Bonchev–Trinajstić information content (AvgIpc) is 2.49. The number of carboxylic acid groups (broad SMARTS) is 1. The molecule has 0 radical (unpaired) electrons. The van der Waals surface area contributed by atoms with Crippen molar-refractivity contribution in [3.05, 3.63) is 24.3 Å². The summed E-state index contributed by atoms with van der Waals surface area (Å²) in [6.07, 6.45) is 3.60. The highest BCUT2D eigenvalue weighted by Crippen LogP contribution is 2.44. The molecule has 6 nitrogen and oxygen atoms in total. The summed E-state index contributed by atoms with van der Waals surface area (Å²) in [7, 11) is 0. The zero-order valence-corrected chi connectivity index (χ0v) is 13.3. The van der Waals surface area contributed by atoms with Gasteiger partial charge in [-0.05, 0) is 50.5 Å². The first kappa shape index (κ1) is 17.3. The van der Waals surface area contributed by atoms with Crippen molar-refractivity contribution < 1.29 is 24.2 Å². The predicted molar refractivity (Wildman–Crippen MR) is 85.6 cm³/mol. The lowest BCUT2D eigenvalue weighted by molar-refractivity contribution is -0.139. The molecule has 6 heteroatoms. The Hall–Kier alpha value is -2.08. The number of nitrogens with one attached hydrogen (secondary N) is 1. The van der Waals surface area contributed by atoms with Gasteiger partial charge in [-0.1, -0.05) is 6.42 Å². The molecular formula is C17H23NO5. The number of amides is 1. The molecule has 0 bridgehead atoms. The normalized spacial score (nSPS) is 15.5. The summed E-state index contributed by atoms with van der Waals surface area (Å²) >= 11 is 0. The topological polar surface area (TPSA) is 84.9 Å². The van der Waals surface area contributed by atoms with E-state index in [1.807, 2.05) is 6.92 Å². The minimum Gasteiger partial charge on any atom is -0.482 e. The van der Waals surface area contributed by atoms with E-state index in [2.05, 4.69) is 5.32 Å². The predicted octanol–water partition coefficient (Wildman–Crippen LogP) is 2.69. The Kier molecular flexibility index (Phi) is 5.98. The molecular weight excluding hydrogens is 298 g/mol. The molecule has 126 valence electrons. The Morgan fingerprint density at radius 3 is 2.48 bits per heavy atom. The van der Waals surface area contributed by atoms with E-state index < -0.39 is 5.97 Å². The maximum absolute atomic E-state index is 12.5. The molecule has 0 heterocycles. The molecule has 0 aliphatic heterocycles. The van der Waals surface area contributed by atoms with Crippen molar-refractivity contribution >= 4 is 17.6 Å². The van der Waals surface area contributed by atoms with Gasteiger partial charge in [0.1, 0.15) is 5.75 Å². The third-order valence-corrected chi connectivity index (χ3v) is 4.20. The monoisotopic (exact) mass is 321 g/mol. The van der Waals surface area contributed by atoms with E-state index >= 15 is 0 Å². The fourth-order valence-electron chi connectivity index (χ4n) is 2.65. The second-order valence-electron chi connectivity index (χ2n) is 5.74. The van der Waals surface area contributed by atoms with Crippen molar-refractivity contribution in [2.45, 2.75) is 32.6 Å². The molecule has 0 saturated heterocycles. The standard InChI is InChI=1S/C17H23NO5/c1-2-22-11-10-17(8-3-9-17)16(21)18-13-4-6-14(7-5-13)23-12-15(19)20/h4-7H,2-3,8-12H2,1H3,(H,18,21)(H,19,20). The fourth-order valence-corrected chi connectivity index (χ4v) is 2.65. The van der Waals surface area contributed by atoms with E-state index in [9.17, 15) is 9.59 Å².